The Bertz CT molecular complexity index is 168. The minimum Gasteiger partial charge on any atom is -0.387 e. The van der Waals surface area contributed by atoms with E-state index in [9.17, 15) is 5.11 Å². The molecule has 4 atom stereocenters. The zero-order valence-electron chi connectivity index (χ0n) is 8.88. The molecule has 0 aromatic rings. The summed E-state index contributed by atoms with van der Waals surface area (Å²) in [6.45, 7) is 6.91. The predicted octanol–water partition coefficient (Wildman–Crippen LogP) is 0.473. The van der Waals surface area contributed by atoms with Gasteiger partial charge in [-0.2, -0.15) is 0 Å². The van der Waals surface area contributed by atoms with Gasteiger partial charge in [-0.15, -0.1) is 0 Å². The number of nitrogens with one attached hydrogen (secondary N) is 1. The van der Waals surface area contributed by atoms with E-state index in [1.807, 2.05) is 13.8 Å². The van der Waals surface area contributed by atoms with E-state index in [1.165, 1.54) is 6.42 Å². The molecule has 0 saturated carbocycles. The first kappa shape index (κ1) is 11.0. The molecule has 78 valence electrons. The van der Waals surface area contributed by atoms with Crippen molar-refractivity contribution >= 4 is 0 Å². The topological polar surface area (TPSA) is 58.3 Å². The van der Waals surface area contributed by atoms with E-state index >= 15 is 0 Å². The van der Waals surface area contributed by atoms with E-state index in [0.29, 0.717) is 5.92 Å². The third kappa shape index (κ3) is 2.42. The van der Waals surface area contributed by atoms with Crippen LogP contribution in [0.15, 0.2) is 0 Å². The maximum atomic E-state index is 10.1. The Morgan fingerprint density at radius 1 is 1.62 bits per heavy atom. The third-order valence-electron chi connectivity index (χ3n) is 3.29. The van der Waals surface area contributed by atoms with Crippen LogP contribution in [0, 0.1) is 5.92 Å². The lowest BCUT2D eigenvalue weighted by molar-refractivity contribution is -0.0142. The highest BCUT2D eigenvalue weighted by atomic mass is 16.3. The van der Waals surface area contributed by atoms with E-state index in [1.54, 1.807) is 0 Å². The molecule has 1 rings (SSSR count). The Morgan fingerprint density at radius 2 is 2.23 bits per heavy atom. The Hall–Kier alpha value is -0.120. The molecule has 0 amide bonds. The zero-order valence-corrected chi connectivity index (χ0v) is 8.88. The number of hydrogen-bond acceptors (Lipinski definition) is 3. The number of hydrogen-bond donors (Lipinski definition) is 3. The van der Waals surface area contributed by atoms with Crippen molar-refractivity contribution in [2.45, 2.75) is 51.3 Å². The monoisotopic (exact) mass is 186 g/mol. The first-order valence-electron chi connectivity index (χ1n) is 5.16. The quantitative estimate of drug-likeness (QED) is 0.587. The van der Waals surface area contributed by atoms with Crippen molar-refractivity contribution in [1.29, 1.82) is 0 Å². The fourth-order valence-corrected chi connectivity index (χ4v) is 1.87. The van der Waals surface area contributed by atoms with E-state index in [0.717, 1.165) is 13.0 Å². The maximum Gasteiger partial charge on any atom is 0.0919 e. The highest BCUT2D eigenvalue weighted by Crippen LogP contribution is 2.24. The molecule has 4 N–H and O–H groups in total. The first-order valence-corrected chi connectivity index (χ1v) is 5.16. The van der Waals surface area contributed by atoms with Gasteiger partial charge in [0.1, 0.15) is 0 Å². The molecule has 1 saturated heterocycles. The molecular weight excluding hydrogens is 164 g/mol. The zero-order chi connectivity index (χ0) is 10.1. The van der Waals surface area contributed by atoms with Crippen LogP contribution in [0.5, 0.6) is 0 Å². The largest absolute Gasteiger partial charge is 0.387 e. The molecule has 1 fully saturated rings. The van der Waals surface area contributed by atoms with Crippen LogP contribution < -0.4 is 11.1 Å². The lowest BCUT2D eigenvalue weighted by atomic mass is 9.81. The van der Waals surface area contributed by atoms with Gasteiger partial charge < -0.3 is 16.2 Å². The minimum absolute atomic E-state index is 0.149. The maximum absolute atomic E-state index is 10.1. The molecule has 1 aliphatic rings. The van der Waals surface area contributed by atoms with Crippen LogP contribution in [0.3, 0.4) is 0 Å². The molecule has 0 aliphatic carbocycles. The molecule has 3 heteroatoms. The van der Waals surface area contributed by atoms with Crippen molar-refractivity contribution in [2.24, 2.45) is 11.7 Å². The first-order chi connectivity index (χ1) is 5.94. The summed E-state index contributed by atoms with van der Waals surface area (Å²) >= 11 is 0. The molecule has 0 bridgehead atoms. The van der Waals surface area contributed by atoms with Gasteiger partial charge in [0, 0.05) is 12.1 Å². The van der Waals surface area contributed by atoms with Crippen LogP contribution in [-0.2, 0) is 0 Å². The summed E-state index contributed by atoms with van der Waals surface area (Å²) in [6.07, 6.45) is 2.22. The SMILES string of the molecule is CC1CCNC(C(C)(O)C(C)N)C1. The summed E-state index contributed by atoms with van der Waals surface area (Å²) in [7, 11) is 0. The summed E-state index contributed by atoms with van der Waals surface area (Å²) in [6, 6.07) is -0.0356. The molecule has 13 heavy (non-hydrogen) atoms. The van der Waals surface area contributed by atoms with Gasteiger partial charge in [0.15, 0.2) is 0 Å². The second-order valence-electron chi connectivity index (χ2n) is 4.65. The summed E-state index contributed by atoms with van der Waals surface area (Å²) in [5.41, 5.74) is 4.97. The Balaban J connectivity index is 2.59. The van der Waals surface area contributed by atoms with E-state index in [4.69, 9.17) is 5.73 Å². The van der Waals surface area contributed by atoms with Crippen LogP contribution >= 0.6 is 0 Å². The van der Waals surface area contributed by atoms with E-state index in [2.05, 4.69) is 12.2 Å². The minimum atomic E-state index is -0.783. The average Bonchev–Trinajstić information content (AvgIpc) is 2.04. The van der Waals surface area contributed by atoms with Crippen molar-refractivity contribution < 1.29 is 5.11 Å². The van der Waals surface area contributed by atoms with E-state index < -0.39 is 5.60 Å². The van der Waals surface area contributed by atoms with E-state index in [-0.39, 0.29) is 12.1 Å². The summed E-state index contributed by atoms with van der Waals surface area (Å²) < 4.78 is 0. The van der Waals surface area contributed by atoms with Gasteiger partial charge in [-0.05, 0) is 39.2 Å². The lowest BCUT2D eigenvalue weighted by Gasteiger charge is -2.40. The van der Waals surface area contributed by atoms with Gasteiger partial charge >= 0.3 is 0 Å². The molecule has 4 unspecified atom stereocenters. The molecule has 0 aromatic carbocycles. The second kappa shape index (κ2) is 3.95. The normalized spacial score (nSPS) is 36.7. The second-order valence-corrected chi connectivity index (χ2v) is 4.65. The average molecular weight is 186 g/mol. The Morgan fingerprint density at radius 3 is 2.69 bits per heavy atom. The standard InChI is InChI=1S/C10H22N2O/c1-7-4-5-12-9(6-7)10(3,13)8(2)11/h7-9,12-13H,4-6,11H2,1-3H3. The van der Waals surface area contributed by atoms with Crippen LogP contribution in [0.2, 0.25) is 0 Å². The predicted molar refractivity (Wildman–Crippen MR) is 54.5 cm³/mol. The molecule has 0 spiro atoms. The van der Waals surface area contributed by atoms with Gasteiger partial charge in [-0.25, -0.2) is 0 Å². The summed E-state index contributed by atoms with van der Waals surface area (Å²) in [5.74, 6) is 0.691. The van der Waals surface area contributed by atoms with Crippen molar-refractivity contribution in [2.75, 3.05) is 6.54 Å². The number of aliphatic hydroxyl groups is 1. The highest BCUT2D eigenvalue weighted by molar-refractivity contribution is 4.96. The fourth-order valence-electron chi connectivity index (χ4n) is 1.87. The fraction of sp³-hybridized carbons (Fsp3) is 1.00. The van der Waals surface area contributed by atoms with Crippen molar-refractivity contribution in [3.8, 4) is 0 Å². The van der Waals surface area contributed by atoms with Crippen molar-refractivity contribution in [3.05, 3.63) is 0 Å². The molecule has 1 heterocycles. The number of rotatable bonds is 2. The van der Waals surface area contributed by atoms with Gasteiger partial charge in [-0.3, -0.25) is 0 Å². The van der Waals surface area contributed by atoms with Crippen LogP contribution in [0.1, 0.15) is 33.6 Å². The molecule has 3 nitrogen and oxygen atoms in total. The summed E-state index contributed by atoms with van der Waals surface area (Å²) in [5, 5.41) is 13.5. The van der Waals surface area contributed by atoms with Gasteiger partial charge in [-0.1, -0.05) is 6.92 Å². The summed E-state index contributed by atoms with van der Waals surface area (Å²) in [4.78, 5) is 0. The lowest BCUT2D eigenvalue weighted by Crippen LogP contribution is -2.60. The van der Waals surface area contributed by atoms with Gasteiger partial charge in [0.05, 0.1) is 5.60 Å². The van der Waals surface area contributed by atoms with Crippen molar-refractivity contribution in [3.63, 3.8) is 0 Å². The Labute approximate surface area is 80.7 Å². The molecule has 1 aliphatic heterocycles. The number of nitrogens with two attached hydrogens (primary N) is 1. The van der Waals surface area contributed by atoms with Crippen LogP contribution in [0.25, 0.3) is 0 Å². The Kier molecular flexibility index (Phi) is 3.33. The van der Waals surface area contributed by atoms with Crippen LogP contribution in [-0.4, -0.2) is 29.3 Å². The number of piperidine rings is 1. The molecular formula is C10H22N2O. The molecule has 0 aromatic heterocycles. The molecule has 0 radical (unpaired) electrons. The van der Waals surface area contributed by atoms with Gasteiger partial charge in [0.25, 0.3) is 0 Å². The van der Waals surface area contributed by atoms with Crippen molar-refractivity contribution in [1.82, 2.24) is 5.32 Å². The van der Waals surface area contributed by atoms with Crippen LogP contribution in [0.4, 0.5) is 0 Å². The smallest absolute Gasteiger partial charge is 0.0919 e. The third-order valence-corrected chi connectivity index (χ3v) is 3.29. The highest BCUT2D eigenvalue weighted by Gasteiger charge is 2.37. The van der Waals surface area contributed by atoms with Gasteiger partial charge in [0.2, 0.25) is 0 Å².